The van der Waals surface area contributed by atoms with Crippen molar-refractivity contribution < 1.29 is 14.3 Å². The number of methoxy groups -OCH3 is 2. The predicted molar refractivity (Wildman–Crippen MR) is 73.1 cm³/mol. The molecule has 98 valence electrons. The summed E-state index contributed by atoms with van der Waals surface area (Å²) in [5.41, 5.74) is 1.51. The van der Waals surface area contributed by atoms with Gasteiger partial charge in [-0.05, 0) is 22.0 Å². The van der Waals surface area contributed by atoms with Crippen LogP contribution in [0.4, 0.5) is 0 Å². The van der Waals surface area contributed by atoms with Gasteiger partial charge in [0.25, 0.3) is 0 Å². The first-order valence-corrected chi connectivity index (χ1v) is 6.21. The summed E-state index contributed by atoms with van der Waals surface area (Å²) in [6.45, 7) is 0. The van der Waals surface area contributed by atoms with Crippen molar-refractivity contribution in [1.82, 2.24) is 9.97 Å². The molecule has 0 amide bonds. The van der Waals surface area contributed by atoms with Gasteiger partial charge in [0.15, 0.2) is 0 Å². The molecule has 2 rings (SSSR count). The fourth-order valence-corrected chi connectivity index (χ4v) is 1.94. The maximum Gasteiger partial charge on any atom is 0.338 e. The van der Waals surface area contributed by atoms with Crippen LogP contribution in [-0.4, -0.2) is 30.2 Å². The minimum atomic E-state index is -0.431. The number of carbonyl (C=O) groups is 1. The van der Waals surface area contributed by atoms with E-state index in [0.717, 1.165) is 0 Å². The van der Waals surface area contributed by atoms with Crippen LogP contribution in [0.25, 0.3) is 11.3 Å². The fraction of sp³-hybridized carbons (Fsp3) is 0.154. The molecule has 0 radical (unpaired) electrons. The summed E-state index contributed by atoms with van der Waals surface area (Å²) < 4.78 is 10.5. The van der Waals surface area contributed by atoms with Crippen LogP contribution in [0, 0.1) is 0 Å². The second-order valence-electron chi connectivity index (χ2n) is 3.59. The average Bonchev–Trinajstić information content (AvgIpc) is 2.46. The maximum absolute atomic E-state index is 11.8. The van der Waals surface area contributed by atoms with Crippen LogP contribution in [0.1, 0.15) is 10.4 Å². The molecule has 0 atom stereocenters. The molecule has 0 aliphatic heterocycles. The molecule has 0 saturated heterocycles. The largest absolute Gasteiger partial charge is 0.479 e. The summed E-state index contributed by atoms with van der Waals surface area (Å²) in [6, 6.07) is 7.01. The molecule has 6 heteroatoms. The summed E-state index contributed by atoms with van der Waals surface area (Å²) in [4.78, 5) is 20.2. The van der Waals surface area contributed by atoms with Crippen molar-refractivity contribution in [3.8, 4) is 17.1 Å². The minimum Gasteiger partial charge on any atom is -0.479 e. The normalized spacial score (nSPS) is 10.1. The number of rotatable bonds is 3. The van der Waals surface area contributed by atoms with Crippen molar-refractivity contribution in [2.24, 2.45) is 0 Å². The molecule has 0 N–H and O–H groups in total. The molecular formula is C13H11BrN2O3. The van der Waals surface area contributed by atoms with E-state index in [9.17, 15) is 4.79 Å². The summed E-state index contributed by atoms with van der Waals surface area (Å²) in [6.07, 6.45) is 1.53. The number of nitrogens with zero attached hydrogens (tertiary/aromatic N) is 2. The van der Waals surface area contributed by atoms with Crippen molar-refractivity contribution in [2.45, 2.75) is 0 Å². The van der Waals surface area contributed by atoms with E-state index in [-0.39, 0.29) is 0 Å². The summed E-state index contributed by atoms with van der Waals surface area (Å²) >= 11 is 3.26. The highest BCUT2D eigenvalue weighted by Gasteiger charge is 2.18. The first-order valence-electron chi connectivity index (χ1n) is 5.41. The Hall–Kier alpha value is -1.95. The van der Waals surface area contributed by atoms with Crippen molar-refractivity contribution in [3.63, 3.8) is 0 Å². The zero-order valence-electron chi connectivity index (χ0n) is 10.4. The van der Waals surface area contributed by atoms with E-state index in [1.807, 2.05) is 6.07 Å². The van der Waals surface area contributed by atoms with Gasteiger partial charge in [-0.2, -0.15) is 0 Å². The SMILES string of the molecule is COC(=O)c1ccccc1-c1nc(Br)cnc1OC. The van der Waals surface area contributed by atoms with Crippen molar-refractivity contribution >= 4 is 21.9 Å². The van der Waals surface area contributed by atoms with Gasteiger partial charge < -0.3 is 9.47 Å². The molecule has 0 aliphatic rings. The van der Waals surface area contributed by atoms with Crippen LogP contribution in [0.2, 0.25) is 0 Å². The standard InChI is InChI=1S/C13H11BrN2O3/c1-18-12-11(16-10(14)7-15-12)8-5-3-4-6-9(8)13(17)19-2/h3-7H,1-2H3. The number of carbonyl (C=O) groups excluding carboxylic acids is 1. The number of benzene rings is 1. The Morgan fingerprint density at radius 2 is 2.00 bits per heavy atom. The van der Waals surface area contributed by atoms with E-state index in [4.69, 9.17) is 9.47 Å². The molecule has 0 unspecified atom stereocenters. The summed E-state index contributed by atoms with van der Waals surface area (Å²) in [7, 11) is 2.84. The Balaban J connectivity index is 2.65. The Morgan fingerprint density at radius 3 is 2.68 bits per heavy atom. The van der Waals surface area contributed by atoms with Gasteiger partial charge >= 0.3 is 5.97 Å². The lowest BCUT2D eigenvalue weighted by molar-refractivity contribution is 0.0601. The summed E-state index contributed by atoms with van der Waals surface area (Å²) in [5.74, 6) is -0.0843. The van der Waals surface area contributed by atoms with E-state index in [2.05, 4.69) is 25.9 Å². The Morgan fingerprint density at radius 1 is 1.26 bits per heavy atom. The molecule has 1 heterocycles. The molecular weight excluding hydrogens is 312 g/mol. The van der Waals surface area contributed by atoms with Gasteiger partial charge in [0.1, 0.15) is 10.3 Å². The third-order valence-electron chi connectivity index (χ3n) is 2.49. The average molecular weight is 323 g/mol. The van der Waals surface area contributed by atoms with E-state index >= 15 is 0 Å². The highest BCUT2D eigenvalue weighted by atomic mass is 79.9. The van der Waals surface area contributed by atoms with E-state index < -0.39 is 5.97 Å². The highest BCUT2D eigenvalue weighted by molar-refractivity contribution is 9.10. The smallest absolute Gasteiger partial charge is 0.338 e. The molecule has 0 aliphatic carbocycles. The molecule has 1 aromatic heterocycles. The van der Waals surface area contributed by atoms with Crippen molar-refractivity contribution in [3.05, 3.63) is 40.6 Å². The van der Waals surface area contributed by atoms with Gasteiger partial charge in [0, 0.05) is 5.56 Å². The Kier molecular flexibility index (Phi) is 4.11. The van der Waals surface area contributed by atoms with E-state index in [0.29, 0.717) is 27.3 Å². The number of hydrogen-bond acceptors (Lipinski definition) is 5. The minimum absolute atomic E-state index is 0.347. The predicted octanol–water partition coefficient (Wildman–Crippen LogP) is 2.70. The number of halogens is 1. The van der Waals surface area contributed by atoms with Gasteiger partial charge in [-0.1, -0.05) is 18.2 Å². The lowest BCUT2D eigenvalue weighted by Crippen LogP contribution is -2.05. The van der Waals surface area contributed by atoms with Crippen molar-refractivity contribution in [1.29, 1.82) is 0 Å². The Bertz CT molecular complexity index is 617. The number of ether oxygens (including phenoxy) is 2. The van der Waals surface area contributed by atoms with Crippen LogP contribution in [-0.2, 0) is 4.74 Å². The first kappa shape index (κ1) is 13.5. The van der Waals surface area contributed by atoms with Gasteiger partial charge in [0.05, 0.1) is 26.0 Å². The first-order chi connectivity index (χ1) is 9.17. The molecule has 0 spiro atoms. The molecule has 0 fully saturated rings. The van der Waals surface area contributed by atoms with E-state index in [1.54, 1.807) is 18.2 Å². The van der Waals surface area contributed by atoms with Gasteiger partial charge in [-0.25, -0.2) is 14.8 Å². The molecule has 0 saturated carbocycles. The van der Waals surface area contributed by atoms with Crippen LogP contribution in [0.15, 0.2) is 35.1 Å². The zero-order chi connectivity index (χ0) is 13.8. The van der Waals surface area contributed by atoms with Crippen molar-refractivity contribution in [2.75, 3.05) is 14.2 Å². The quantitative estimate of drug-likeness (QED) is 0.813. The zero-order valence-corrected chi connectivity index (χ0v) is 12.0. The second kappa shape index (κ2) is 5.79. The van der Waals surface area contributed by atoms with Crippen LogP contribution in [0.3, 0.4) is 0 Å². The number of hydrogen-bond donors (Lipinski definition) is 0. The van der Waals surface area contributed by atoms with Gasteiger partial charge in [-0.3, -0.25) is 0 Å². The lowest BCUT2D eigenvalue weighted by Gasteiger charge is -2.10. The third kappa shape index (κ3) is 2.73. The molecule has 1 aromatic carbocycles. The molecule has 0 bridgehead atoms. The molecule has 2 aromatic rings. The Labute approximate surface area is 118 Å². The highest BCUT2D eigenvalue weighted by Crippen LogP contribution is 2.30. The monoisotopic (exact) mass is 322 g/mol. The van der Waals surface area contributed by atoms with Crippen LogP contribution in [0.5, 0.6) is 5.88 Å². The number of aromatic nitrogens is 2. The second-order valence-corrected chi connectivity index (χ2v) is 4.40. The lowest BCUT2D eigenvalue weighted by atomic mass is 10.0. The third-order valence-corrected chi connectivity index (χ3v) is 2.87. The van der Waals surface area contributed by atoms with Crippen LogP contribution >= 0.6 is 15.9 Å². The van der Waals surface area contributed by atoms with Gasteiger partial charge in [0.2, 0.25) is 5.88 Å². The van der Waals surface area contributed by atoms with Gasteiger partial charge in [-0.15, -0.1) is 0 Å². The van der Waals surface area contributed by atoms with E-state index in [1.165, 1.54) is 20.4 Å². The number of esters is 1. The fourth-order valence-electron chi connectivity index (χ4n) is 1.66. The molecule has 19 heavy (non-hydrogen) atoms. The topological polar surface area (TPSA) is 61.3 Å². The van der Waals surface area contributed by atoms with Crippen LogP contribution < -0.4 is 4.74 Å². The maximum atomic E-state index is 11.8. The summed E-state index contributed by atoms with van der Waals surface area (Å²) in [5, 5.41) is 0. The molecule has 5 nitrogen and oxygen atoms in total.